The maximum Gasteiger partial charge on any atom is 0.492 e. The zero-order valence-corrected chi connectivity index (χ0v) is 11.6. The van der Waals surface area contributed by atoms with Crippen molar-refractivity contribution in [2.45, 2.75) is 58.2 Å². The van der Waals surface area contributed by atoms with E-state index >= 15 is 0 Å². The van der Waals surface area contributed by atoms with Crippen molar-refractivity contribution in [2.24, 2.45) is 0 Å². The van der Waals surface area contributed by atoms with Crippen LogP contribution in [-0.4, -0.2) is 24.1 Å². The van der Waals surface area contributed by atoms with Gasteiger partial charge in [-0.05, 0) is 46.0 Å². The molecular formula is C12H18BClO3. The van der Waals surface area contributed by atoms with Gasteiger partial charge in [0.15, 0.2) is 5.78 Å². The summed E-state index contributed by atoms with van der Waals surface area (Å²) in [5.74, 6) is 0.00243. The van der Waals surface area contributed by atoms with Gasteiger partial charge in [-0.3, -0.25) is 4.79 Å². The second-order valence-corrected chi connectivity index (χ2v) is 6.08. The lowest BCUT2D eigenvalue weighted by Crippen LogP contribution is -2.41. The van der Waals surface area contributed by atoms with Crippen molar-refractivity contribution in [1.29, 1.82) is 0 Å². The van der Waals surface area contributed by atoms with Gasteiger partial charge in [0.1, 0.15) is 0 Å². The van der Waals surface area contributed by atoms with E-state index in [9.17, 15) is 4.79 Å². The van der Waals surface area contributed by atoms with Gasteiger partial charge < -0.3 is 9.31 Å². The maximum atomic E-state index is 11.6. The molecule has 0 amide bonds. The van der Waals surface area contributed by atoms with Gasteiger partial charge in [0.05, 0.1) is 16.2 Å². The Morgan fingerprint density at radius 3 is 2.18 bits per heavy atom. The lowest BCUT2D eigenvalue weighted by Gasteiger charge is -2.32. The zero-order valence-electron chi connectivity index (χ0n) is 10.8. The number of hydrogen-bond acceptors (Lipinski definition) is 3. The SMILES string of the molecule is CC1(C)OB(C2=C(Cl)C(=O)CCC2)OC1(C)C. The van der Waals surface area contributed by atoms with Crippen LogP contribution in [0.4, 0.5) is 0 Å². The molecule has 0 unspecified atom stereocenters. The minimum atomic E-state index is -0.475. The Hall–Kier alpha value is -0.315. The van der Waals surface area contributed by atoms with Crippen LogP contribution in [-0.2, 0) is 14.1 Å². The average molecular weight is 257 g/mol. The van der Waals surface area contributed by atoms with Crippen molar-refractivity contribution < 1.29 is 14.1 Å². The van der Waals surface area contributed by atoms with Crippen LogP contribution in [0.2, 0.25) is 0 Å². The van der Waals surface area contributed by atoms with Crippen molar-refractivity contribution in [3.8, 4) is 0 Å². The van der Waals surface area contributed by atoms with Crippen LogP contribution in [0.1, 0.15) is 47.0 Å². The zero-order chi connectivity index (χ0) is 12.8. The molecule has 17 heavy (non-hydrogen) atoms. The third-order valence-corrected chi connectivity index (χ3v) is 4.37. The van der Waals surface area contributed by atoms with Crippen LogP contribution in [0.5, 0.6) is 0 Å². The van der Waals surface area contributed by atoms with E-state index in [2.05, 4.69) is 0 Å². The van der Waals surface area contributed by atoms with E-state index in [4.69, 9.17) is 20.9 Å². The van der Waals surface area contributed by atoms with Crippen molar-refractivity contribution in [3.63, 3.8) is 0 Å². The second kappa shape index (κ2) is 4.11. The first-order valence-electron chi connectivity index (χ1n) is 6.02. The number of halogens is 1. The summed E-state index contributed by atoms with van der Waals surface area (Å²) in [6, 6.07) is 0. The Kier molecular flexibility index (Phi) is 3.17. The summed E-state index contributed by atoms with van der Waals surface area (Å²) in [5, 5.41) is 0.315. The maximum absolute atomic E-state index is 11.6. The first-order chi connectivity index (χ1) is 7.74. The number of rotatable bonds is 1. The molecule has 0 radical (unpaired) electrons. The Bertz CT molecular complexity index is 371. The molecule has 0 saturated carbocycles. The molecule has 5 heteroatoms. The number of carbonyl (C=O) groups is 1. The lowest BCUT2D eigenvalue weighted by molar-refractivity contribution is -0.115. The van der Waals surface area contributed by atoms with E-state index in [0.29, 0.717) is 11.5 Å². The first-order valence-corrected chi connectivity index (χ1v) is 6.40. The standard InChI is InChI=1S/C12H18BClO3/c1-11(2)12(3,4)17-13(16-11)8-6-5-7-9(15)10(8)14/h5-7H2,1-4H3. The third-order valence-electron chi connectivity index (χ3n) is 3.91. The fraction of sp³-hybridized carbons (Fsp3) is 0.750. The molecule has 0 aromatic heterocycles. The molecule has 94 valence electrons. The van der Waals surface area contributed by atoms with Crippen molar-refractivity contribution in [2.75, 3.05) is 0 Å². The molecule has 1 aliphatic carbocycles. The van der Waals surface area contributed by atoms with E-state index in [1.165, 1.54) is 0 Å². The number of carbonyl (C=O) groups excluding carboxylic acids is 1. The molecule has 0 N–H and O–H groups in total. The predicted molar refractivity (Wildman–Crippen MR) is 67.8 cm³/mol. The van der Waals surface area contributed by atoms with Gasteiger partial charge in [-0.1, -0.05) is 11.6 Å². The summed E-state index contributed by atoms with van der Waals surface area (Å²) in [4.78, 5) is 11.6. The van der Waals surface area contributed by atoms with Gasteiger partial charge in [-0.2, -0.15) is 0 Å². The van der Waals surface area contributed by atoms with Gasteiger partial charge in [-0.15, -0.1) is 0 Å². The number of hydrogen-bond donors (Lipinski definition) is 0. The highest BCUT2D eigenvalue weighted by atomic mass is 35.5. The van der Waals surface area contributed by atoms with E-state index in [-0.39, 0.29) is 17.0 Å². The topological polar surface area (TPSA) is 35.5 Å². The molecule has 1 fully saturated rings. The Morgan fingerprint density at radius 2 is 1.65 bits per heavy atom. The summed E-state index contributed by atoms with van der Waals surface area (Å²) in [6.07, 6.45) is 2.14. The van der Waals surface area contributed by atoms with Crippen molar-refractivity contribution in [1.82, 2.24) is 0 Å². The molecule has 1 saturated heterocycles. The van der Waals surface area contributed by atoms with Crippen molar-refractivity contribution in [3.05, 3.63) is 10.5 Å². The van der Waals surface area contributed by atoms with Gasteiger partial charge in [-0.25, -0.2) is 0 Å². The molecule has 2 rings (SSSR count). The van der Waals surface area contributed by atoms with Crippen LogP contribution < -0.4 is 0 Å². The van der Waals surface area contributed by atoms with Crippen LogP contribution in [0.15, 0.2) is 10.5 Å². The molecule has 1 aliphatic heterocycles. The minimum absolute atomic E-state index is 0.00243. The Balaban J connectivity index is 2.27. The number of ketones is 1. The van der Waals surface area contributed by atoms with E-state index in [0.717, 1.165) is 18.3 Å². The molecule has 3 nitrogen and oxygen atoms in total. The minimum Gasteiger partial charge on any atom is -0.400 e. The third kappa shape index (κ3) is 2.18. The van der Waals surface area contributed by atoms with Gasteiger partial charge in [0.25, 0.3) is 0 Å². The second-order valence-electron chi connectivity index (χ2n) is 5.70. The summed E-state index contributed by atoms with van der Waals surface area (Å²) < 4.78 is 11.8. The monoisotopic (exact) mass is 256 g/mol. The molecular weight excluding hydrogens is 238 g/mol. The normalized spacial score (nSPS) is 27.8. The fourth-order valence-corrected chi connectivity index (χ4v) is 2.32. The molecule has 0 atom stereocenters. The molecule has 0 aromatic carbocycles. The van der Waals surface area contributed by atoms with Crippen LogP contribution in [0.3, 0.4) is 0 Å². The smallest absolute Gasteiger partial charge is 0.400 e. The molecule has 0 aromatic rings. The largest absolute Gasteiger partial charge is 0.492 e. The lowest BCUT2D eigenvalue weighted by atomic mass is 9.72. The quantitative estimate of drug-likeness (QED) is 0.677. The molecule has 0 spiro atoms. The van der Waals surface area contributed by atoms with Gasteiger partial charge >= 0.3 is 7.12 Å². The Labute approximate surface area is 108 Å². The summed E-state index contributed by atoms with van der Waals surface area (Å²) >= 11 is 6.07. The average Bonchev–Trinajstić information content (AvgIpc) is 2.40. The van der Waals surface area contributed by atoms with Gasteiger partial charge in [0, 0.05) is 6.42 Å². The highest BCUT2D eigenvalue weighted by Crippen LogP contribution is 2.41. The molecule has 1 heterocycles. The number of Topliss-reactive ketones (excluding diaryl/α,β-unsaturated/α-hetero) is 1. The van der Waals surface area contributed by atoms with E-state index in [1.807, 2.05) is 27.7 Å². The van der Waals surface area contributed by atoms with E-state index in [1.54, 1.807) is 0 Å². The van der Waals surface area contributed by atoms with Gasteiger partial charge in [0.2, 0.25) is 0 Å². The number of allylic oxidation sites excluding steroid dienone is 2. The van der Waals surface area contributed by atoms with Crippen LogP contribution in [0, 0.1) is 0 Å². The van der Waals surface area contributed by atoms with Crippen molar-refractivity contribution >= 4 is 24.5 Å². The Morgan fingerprint density at radius 1 is 1.12 bits per heavy atom. The highest BCUT2D eigenvalue weighted by molar-refractivity contribution is 6.60. The molecule has 0 bridgehead atoms. The van der Waals surface area contributed by atoms with E-state index < -0.39 is 7.12 Å². The summed E-state index contributed by atoms with van der Waals surface area (Å²) in [7, 11) is -0.475. The van der Waals surface area contributed by atoms with Crippen LogP contribution >= 0.6 is 11.6 Å². The predicted octanol–water partition coefficient (Wildman–Crippen LogP) is 2.86. The highest BCUT2D eigenvalue weighted by Gasteiger charge is 2.53. The van der Waals surface area contributed by atoms with Crippen LogP contribution in [0.25, 0.3) is 0 Å². The summed E-state index contributed by atoms with van der Waals surface area (Å²) in [6.45, 7) is 7.97. The fourth-order valence-electron chi connectivity index (χ4n) is 2.04. The first kappa shape index (κ1) is 13.1. The summed E-state index contributed by atoms with van der Waals surface area (Å²) in [5.41, 5.74) is 0.0339. The molecule has 2 aliphatic rings.